The lowest BCUT2D eigenvalue weighted by Crippen LogP contribution is -2.54. The van der Waals surface area contributed by atoms with Crippen LogP contribution in [-0.2, 0) is 9.59 Å². The third-order valence-electron chi connectivity index (χ3n) is 6.59. The molecule has 0 bridgehead atoms. The van der Waals surface area contributed by atoms with Gasteiger partial charge in [-0.05, 0) is 63.6 Å². The highest BCUT2D eigenvalue weighted by molar-refractivity contribution is 6.25. The van der Waals surface area contributed by atoms with Crippen LogP contribution >= 0.6 is 0 Å². The molecule has 0 aromatic heterocycles. The zero-order valence-corrected chi connectivity index (χ0v) is 17.2. The maximum absolute atomic E-state index is 13.1. The number of nitrogens with one attached hydrogen (secondary N) is 3. The second kappa shape index (κ2) is 8.55. The summed E-state index contributed by atoms with van der Waals surface area (Å²) in [5.74, 6) is -1.25. The van der Waals surface area contributed by atoms with Crippen LogP contribution in [0.5, 0.6) is 0 Å². The van der Waals surface area contributed by atoms with Crippen LogP contribution in [0.15, 0.2) is 18.2 Å². The Hall–Kier alpha value is -2.74. The van der Waals surface area contributed by atoms with Gasteiger partial charge in [-0.1, -0.05) is 6.07 Å². The summed E-state index contributed by atoms with van der Waals surface area (Å²) < 4.78 is 0. The van der Waals surface area contributed by atoms with Crippen molar-refractivity contribution in [1.29, 1.82) is 0 Å². The number of hydrogen-bond acceptors (Lipinski definition) is 6. The van der Waals surface area contributed by atoms with E-state index in [1.165, 1.54) is 25.7 Å². The van der Waals surface area contributed by atoms with Crippen molar-refractivity contribution in [2.24, 2.45) is 5.92 Å². The summed E-state index contributed by atoms with van der Waals surface area (Å²) in [5, 5.41) is 8.91. The van der Waals surface area contributed by atoms with Gasteiger partial charge in [0.15, 0.2) is 0 Å². The maximum Gasteiger partial charge on any atom is 0.264 e. The molecule has 1 saturated heterocycles. The molecule has 8 heteroatoms. The first kappa shape index (κ1) is 20.5. The number of fused-ring (bicyclic) bond motifs is 1. The van der Waals surface area contributed by atoms with E-state index in [1.54, 1.807) is 18.2 Å². The fraction of sp³-hybridized carbons (Fsp3) is 0.545. The SMILES string of the molecule is CNC1CCC(CCNc2cccc3c2C(=O)N(C2CCC(=O)NC2=O)C3=O)CC1. The van der Waals surface area contributed by atoms with Crippen LogP contribution in [-0.4, -0.2) is 54.2 Å². The molecular formula is C22H28N4O4. The van der Waals surface area contributed by atoms with Crippen molar-refractivity contribution in [2.75, 3.05) is 18.9 Å². The highest BCUT2D eigenvalue weighted by Gasteiger charge is 2.45. The molecule has 4 amide bonds. The van der Waals surface area contributed by atoms with Crippen molar-refractivity contribution in [3.8, 4) is 0 Å². The van der Waals surface area contributed by atoms with Gasteiger partial charge in [0.2, 0.25) is 11.8 Å². The van der Waals surface area contributed by atoms with E-state index < -0.39 is 23.8 Å². The normalized spacial score (nSPS) is 26.6. The number of benzene rings is 1. The number of amides is 4. The number of piperidine rings is 1. The van der Waals surface area contributed by atoms with Crippen molar-refractivity contribution in [3.05, 3.63) is 29.3 Å². The van der Waals surface area contributed by atoms with E-state index >= 15 is 0 Å². The third kappa shape index (κ3) is 3.84. The number of rotatable bonds is 6. The molecule has 0 spiro atoms. The molecular weight excluding hydrogens is 384 g/mol. The summed E-state index contributed by atoms with van der Waals surface area (Å²) in [5.41, 5.74) is 1.26. The molecule has 4 rings (SSSR count). The van der Waals surface area contributed by atoms with Crippen molar-refractivity contribution in [2.45, 2.75) is 57.0 Å². The lowest BCUT2D eigenvalue weighted by molar-refractivity contribution is -0.136. The van der Waals surface area contributed by atoms with E-state index in [4.69, 9.17) is 0 Å². The molecule has 30 heavy (non-hydrogen) atoms. The molecule has 1 atom stereocenters. The quantitative estimate of drug-likeness (QED) is 0.614. The molecule has 1 unspecified atom stereocenters. The van der Waals surface area contributed by atoms with E-state index in [1.807, 2.05) is 7.05 Å². The summed E-state index contributed by atoms with van der Waals surface area (Å²) in [7, 11) is 2.01. The van der Waals surface area contributed by atoms with Gasteiger partial charge in [-0.15, -0.1) is 0 Å². The summed E-state index contributed by atoms with van der Waals surface area (Å²) in [6.07, 6.45) is 6.06. The monoisotopic (exact) mass is 412 g/mol. The van der Waals surface area contributed by atoms with Gasteiger partial charge in [0.05, 0.1) is 11.1 Å². The molecule has 1 aromatic carbocycles. The molecule has 3 N–H and O–H groups in total. The Kier molecular flexibility index (Phi) is 5.85. The first-order valence-electron chi connectivity index (χ1n) is 10.7. The van der Waals surface area contributed by atoms with Crippen molar-refractivity contribution in [1.82, 2.24) is 15.5 Å². The van der Waals surface area contributed by atoms with Crippen LogP contribution in [0.25, 0.3) is 0 Å². The van der Waals surface area contributed by atoms with E-state index in [2.05, 4.69) is 16.0 Å². The predicted octanol–water partition coefficient (Wildman–Crippen LogP) is 1.67. The second-order valence-corrected chi connectivity index (χ2v) is 8.40. The topological polar surface area (TPSA) is 108 Å². The van der Waals surface area contributed by atoms with Gasteiger partial charge in [-0.3, -0.25) is 29.4 Å². The van der Waals surface area contributed by atoms with Crippen molar-refractivity contribution in [3.63, 3.8) is 0 Å². The summed E-state index contributed by atoms with van der Waals surface area (Å²) in [6.45, 7) is 0.727. The van der Waals surface area contributed by atoms with Crippen LogP contribution in [0.2, 0.25) is 0 Å². The highest BCUT2D eigenvalue weighted by Crippen LogP contribution is 2.33. The number of nitrogens with zero attached hydrogens (tertiary/aromatic N) is 1. The van der Waals surface area contributed by atoms with E-state index in [0.717, 1.165) is 17.9 Å². The average Bonchev–Trinajstić information content (AvgIpc) is 3.00. The van der Waals surface area contributed by atoms with E-state index in [9.17, 15) is 19.2 Å². The molecule has 3 aliphatic rings. The molecule has 1 aromatic rings. The molecule has 2 heterocycles. The summed E-state index contributed by atoms with van der Waals surface area (Å²) in [4.78, 5) is 50.6. The van der Waals surface area contributed by atoms with Gasteiger partial charge in [0.25, 0.3) is 11.8 Å². The lowest BCUT2D eigenvalue weighted by atomic mass is 9.84. The molecule has 2 fully saturated rings. The van der Waals surface area contributed by atoms with Crippen LogP contribution in [0.3, 0.4) is 0 Å². The first-order valence-corrected chi connectivity index (χ1v) is 10.7. The molecule has 1 saturated carbocycles. The minimum Gasteiger partial charge on any atom is -0.384 e. The van der Waals surface area contributed by atoms with Gasteiger partial charge < -0.3 is 10.6 Å². The Morgan fingerprint density at radius 3 is 2.50 bits per heavy atom. The van der Waals surface area contributed by atoms with E-state index in [-0.39, 0.29) is 18.7 Å². The van der Waals surface area contributed by atoms with Crippen LogP contribution in [0.1, 0.15) is 65.7 Å². The summed E-state index contributed by atoms with van der Waals surface area (Å²) >= 11 is 0. The predicted molar refractivity (Wildman–Crippen MR) is 111 cm³/mol. The van der Waals surface area contributed by atoms with Crippen molar-refractivity contribution >= 4 is 29.3 Å². The van der Waals surface area contributed by atoms with Gasteiger partial charge >= 0.3 is 0 Å². The molecule has 0 radical (unpaired) electrons. The minimum absolute atomic E-state index is 0.116. The fourth-order valence-electron chi connectivity index (χ4n) is 4.81. The molecule has 8 nitrogen and oxygen atoms in total. The maximum atomic E-state index is 13.1. The van der Waals surface area contributed by atoms with Crippen molar-refractivity contribution < 1.29 is 19.2 Å². The van der Waals surface area contributed by atoms with Crippen LogP contribution in [0.4, 0.5) is 5.69 Å². The van der Waals surface area contributed by atoms with Crippen LogP contribution in [0, 0.1) is 5.92 Å². The van der Waals surface area contributed by atoms with Gasteiger partial charge in [0, 0.05) is 24.7 Å². The number of anilines is 1. The zero-order valence-electron chi connectivity index (χ0n) is 17.2. The number of carbonyl (C=O) groups excluding carboxylic acids is 4. The Balaban J connectivity index is 1.43. The van der Waals surface area contributed by atoms with Gasteiger partial charge in [0.1, 0.15) is 6.04 Å². The Bertz CT molecular complexity index is 876. The summed E-state index contributed by atoms with van der Waals surface area (Å²) in [6, 6.07) is 4.85. The minimum atomic E-state index is -0.940. The van der Waals surface area contributed by atoms with Gasteiger partial charge in [-0.25, -0.2) is 0 Å². The Morgan fingerprint density at radius 2 is 1.80 bits per heavy atom. The van der Waals surface area contributed by atoms with Crippen LogP contribution < -0.4 is 16.0 Å². The molecule has 160 valence electrons. The third-order valence-corrected chi connectivity index (χ3v) is 6.59. The van der Waals surface area contributed by atoms with Gasteiger partial charge in [-0.2, -0.15) is 0 Å². The average molecular weight is 412 g/mol. The number of imide groups is 2. The number of hydrogen-bond donors (Lipinski definition) is 3. The number of carbonyl (C=O) groups is 4. The first-order chi connectivity index (χ1) is 14.5. The Labute approximate surface area is 175 Å². The largest absolute Gasteiger partial charge is 0.384 e. The highest BCUT2D eigenvalue weighted by atomic mass is 16.2. The lowest BCUT2D eigenvalue weighted by Gasteiger charge is -2.28. The standard InChI is InChI=1S/C22H28N4O4/c1-23-14-7-5-13(6-8-14)11-12-24-16-4-2-3-15-19(16)22(30)26(21(15)29)17-9-10-18(27)25-20(17)28/h2-4,13-14,17,23-24H,5-12H2,1H3,(H,25,27,28). The Morgan fingerprint density at radius 1 is 1.03 bits per heavy atom. The second-order valence-electron chi connectivity index (χ2n) is 8.40. The smallest absolute Gasteiger partial charge is 0.264 e. The molecule has 1 aliphatic carbocycles. The fourth-order valence-corrected chi connectivity index (χ4v) is 4.81. The molecule has 2 aliphatic heterocycles. The van der Waals surface area contributed by atoms with E-state index in [0.29, 0.717) is 28.8 Å². The zero-order chi connectivity index (χ0) is 21.3.